The lowest BCUT2D eigenvalue weighted by Crippen LogP contribution is -2.41. The van der Waals surface area contributed by atoms with Gasteiger partial charge in [0.25, 0.3) is 0 Å². The summed E-state index contributed by atoms with van der Waals surface area (Å²) in [5, 5.41) is 0. The van der Waals surface area contributed by atoms with Crippen molar-refractivity contribution in [3.05, 3.63) is 35.4 Å². The number of hydrogen-bond donors (Lipinski definition) is 0. The van der Waals surface area contributed by atoms with Crippen LogP contribution in [-0.4, -0.2) is 49.8 Å². The van der Waals surface area contributed by atoms with Gasteiger partial charge in [0.2, 0.25) is 0 Å². The lowest BCUT2D eigenvalue weighted by molar-refractivity contribution is 0.000442. The summed E-state index contributed by atoms with van der Waals surface area (Å²) in [6.45, 7) is 8.01. The molecule has 1 aromatic carbocycles. The predicted octanol–water partition coefficient (Wildman–Crippen LogP) is 1.87. The topological polar surface area (TPSA) is 38.8 Å². The minimum atomic E-state index is -0.246. The number of rotatable bonds is 4. The Morgan fingerprint density at radius 1 is 1.42 bits per heavy atom. The monoisotopic (exact) mass is 263 g/mol. The molecule has 1 atom stereocenters. The fourth-order valence-electron chi connectivity index (χ4n) is 2.21. The molecule has 1 aliphatic heterocycles. The maximum absolute atomic E-state index is 12.0. The molecule has 0 N–H and O–H groups in total. The van der Waals surface area contributed by atoms with E-state index in [-0.39, 0.29) is 12.1 Å². The van der Waals surface area contributed by atoms with Gasteiger partial charge >= 0.3 is 5.97 Å². The lowest BCUT2D eigenvalue weighted by atomic mass is 10.1. The molecule has 0 amide bonds. The molecule has 0 aliphatic carbocycles. The zero-order chi connectivity index (χ0) is 13.7. The fraction of sp³-hybridized carbons (Fsp3) is 0.533. The summed E-state index contributed by atoms with van der Waals surface area (Å²) in [7, 11) is 0. The predicted molar refractivity (Wildman–Crippen MR) is 73.3 cm³/mol. The van der Waals surface area contributed by atoms with Crippen molar-refractivity contribution in [3.63, 3.8) is 0 Å². The highest BCUT2D eigenvalue weighted by Crippen LogP contribution is 2.08. The van der Waals surface area contributed by atoms with Crippen molar-refractivity contribution in [1.82, 2.24) is 4.90 Å². The van der Waals surface area contributed by atoms with Gasteiger partial charge in [-0.05, 0) is 26.0 Å². The van der Waals surface area contributed by atoms with Gasteiger partial charge in [0.1, 0.15) is 6.10 Å². The maximum atomic E-state index is 12.0. The minimum absolute atomic E-state index is 0.105. The number of esters is 1. The van der Waals surface area contributed by atoms with Crippen LogP contribution < -0.4 is 0 Å². The van der Waals surface area contributed by atoms with Gasteiger partial charge in [-0.1, -0.05) is 17.7 Å². The van der Waals surface area contributed by atoms with Crippen molar-refractivity contribution in [2.24, 2.45) is 0 Å². The third-order valence-corrected chi connectivity index (χ3v) is 3.18. The van der Waals surface area contributed by atoms with Gasteiger partial charge < -0.3 is 9.47 Å². The molecule has 0 spiro atoms. The summed E-state index contributed by atoms with van der Waals surface area (Å²) in [6.07, 6.45) is -0.105. The van der Waals surface area contributed by atoms with E-state index in [1.807, 2.05) is 32.0 Å². The molecule has 4 heteroatoms. The standard InChI is InChI=1S/C15H21NO3/c1-12-4-3-5-14(10-12)15(17)19-13(2)11-16-6-8-18-9-7-16/h3-5,10,13H,6-9,11H2,1-2H3. The Labute approximate surface area is 114 Å². The molecule has 104 valence electrons. The van der Waals surface area contributed by atoms with E-state index in [9.17, 15) is 4.79 Å². The number of morpholine rings is 1. The van der Waals surface area contributed by atoms with Gasteiger partial charge in [-0.15, -0.1) is 0 Å². The molecule has 1 fully saturated rings. The molecular formula is C15H21NO3. The highest BCUT2D eigenvalue weighted by molar-refractivity contribution is 5.89. The number of aryl methyl sites for hydroxylation is 1. The van der Waals surface area contributed by atoms with Gasteiger partial charge in [-0.2, -0.15) is 0 Å². The van der Waals surface area contributed by atoms with Crippen LogP contribution in [0.1, 0.15) is 22.8 Å². The van der Waals surface area contributed by atoms with E-state index in [0.29, 0.717) is 5.56 Å². The largest absolute Gasteiger partial charge is 0.458 e. The summed E-state index contributed by atoms with van der Waals surface area (Å²) in [6, 6.07) is 7.48. The van der Waals surface area contributed by atoms with Crippen LogP contribution in [0.4, 0.5) is 0 Å². The number of ether oxygens (including phenoxy) is 2. The quantitative estimate of drug-likeness (QED) is 0.777. The van der Waals surface area contributed by atoms with Crippen molar-refractivity contribution in [1.29, 1.82) is 0 Å². The third kappa shape index (κ3) is 4.33. The molecule has 0 saturated carbocycles. The Balaban J connectivity index is 1.84. The highest BCUT2D eigenvalue weighted by Gasteiger charge is 2.17. The molecule has 0 bridgehead atoms. The number of hydrogen-bond acceptors (Lipinski definition) is 4. The van der Waals surface area contributed by atoms with Crippen LogP contribution in [0.15, 0.2) is 24.3 Å². The average molecular weight is 263 g/mol. The number of carbonyl (C=O) groups excluding carboxylic acids is 1. The SMILES string of the molecule is Cc1cccc(C(=O)OC(C)CN2CCOCC2)c1. The number of nitrogens with zero attached hydrogens (tertiary/aromatic N) is 1. The number of carbonyl (C=O) groups is 1. The average Bonchev–Trinajstić information content (AvgIpc) is 2.39. The van der Waals surface area contributed by atoms with Crippen LogP contribution in [0.5, 0.6) is 0 Å². The maximum Gasteiger partial charge on any atom is 0.338 e. The summed E-state index contributed by atoms with van der Waals surface area (Å²) in [5.74, 6) is -0.246. The van der Waals surface area contributed by atoms with E-state index >= 15 is 0 Å². The molecule has 1 unspecified atom stereocenters. The second-order valence-corrected chi connectivity index (χ2v) is 5.00. The van der Waals surface area contributed by atoms with E-state index in [1.54, 1.807) is 6.07 Å². The first kappa shape index (κ1) is 14.0. The second-order valence-electron chi connectivity index (χ2n) is 5.00. The second kappa shape index (κ2) is 6.68. The highest BCUT2D eigenvalue weighted by atomic mass is 16.5. The summed E-state index contributed by atoms with van der Waals surface area (Å²) in [4.78, 5) is 14.2. The zero-order valence-corrected chi connectivity index (χ0v) is 11.6. The van der Waals surface area contributed by atoms with Gasteiger partial charge in [0, 0.05) is 19.6 Å². The lowest BCUT2D eigenvalue weighted by Gasteiger charge is -2.28. The van der Waals surface area contributed by atoms with Crippen LogP contribution in [0.3, 0.4) is 0 Å². The Bertz CT molecular complexity index is 427. The van der Waals surface area contributed by atoms with Crippen molar-refractivity contribution < 1.29 is 14.3 Å². The van der Waals surface area contributed by atoms with Crippen LogP contribution >= 0.6 is 0 Å². The first-order chi connectivity index (χ1) is 9.15. The first-order valence-corrected chi connectivity index (χ1v) is 6.73. The first-order valence-electron chi connectivity index (χ1n) is 6.73. The Morgan fingerprint density at radius 3 is 2.84 bits per heavy atom. The molecule has 1 saturated heterocycles. The smallest absolute Gasteiger partial charge is 0.338 e. The van der Waals surface area contributed by atoms with E-state index in [2.05, 4.69) is 4.90 Å². The molecule has 1 aromatic rings. The fourth-order valence-corrected chi connectivity index (χ4v) is 2.21. The molecule has 4 nitrogen and oxygen atoms in total. The van der Waals surface area contributed by atoms with E-state index in [0.717, 1.165) is 38.4 Å². The molecular weight excluding hydrogens is 242 g/mol. The van der Waals surface area contributed by atoms with E-state index in [1.165, 1.54) is 0 Å². The van der Waals surface area contributed by atoms with Crippen molar-refractivity contribution >= 4 is 5.97 Å². The zero-order valence-electron chi connectivity index (χ0n) is 11.6. The normalized spacial score (nSPS) is 18.0. The summed E-state index contributed by atoms with van der Waals surface area (Å²) < 4.78 is 10.8. The van der Waals surface area contributed by atoms with Gasteiger partial charge in [0.05, 0.1) is 18.8 Å². The molecule has 0 aromatic heterocycles. The van der Waals surface area contributed by atoms with Crippen LogP contribution in [0.25, 0.3) is 0 Å². The van der Waals surface area contributed by atoms with Crippen LogP contribution in [0.2, 0.25) is 0 Å². The van der Waals surface area contributed by atoms with E-state index in [4.69, 9.17) is 9.47 Å². The Morgan fingerprint density at radius 2 is 2.16 bits per heavy atom. The van der Waals surface area contributed by atoms with Crippen molar-refractivity contribution in [3.8, 4) is 0 Å². The summed E-state index contributed by atoms with van der Waals surface area (Å²) >= 11 is 0. The van der Waals surface area contributed by atoms with Gasteiger partial charge in [0.15, 0.2) is 0 Å². The molecule has 0 radical (unpaired) electrons. The Hall–Kier alpha value is -1.39. The molecule has 2 rings (SSSR count). The number of benzene rings is 1. The van der Waals surface area contributed by atoms with Gasteiger partial charge in [-0.3, -0.25) is 4.90 Å². The summed E-state index contributed by atoms with van der Waals surface area (Å²) in [5.41, 5.74) is 1.68. The minimum Gasteiger partial charge on any atom is -0.458 e. The van der Waals surface area contributed by atoms with Crippen molar-refractivity contribution in [2.75, 3.05) is 32.8 Å². The van der Waals surface area contributed by atoms with Gasteiger partial charge in [-0.25, -0.2) is 4.79 Å². The van der Waals surface area contributed by atoms with Crippen LogP contribution in [0, 0.1) is 6.92 Å². The molecule has 19 heavy (non-hydrogen) atoms. The van der Waals surface area contributed by atoms with Crippen LogP contribution in [-0.2, 0) is 9.47 Å². The Kier molecular flexibility index (Phi) is 4.93. The van der Waals surface area contributed by atoms with Crippen molar-refractivity contribution in [2.45, 2.75) is 20.0 Å². The van der Waals surface area contributed by atoms with E-state index < -0.39 is 0 Å². The molecule has 1 heterocycles. The molecule has 1 aliphatic rings. The third-order valence-electron chi connectivity index (χ3n) is 3.18.